The molecule has 0 bridgehead atoms. The molecule has 0 atom stereocenters. The molecule has 4 heteroatoms. The Kier molecular flexibility index (Phi) is 1.94. The summed E-state index contributed by atoms with van der Waals surface area (Å²) in [6.07, 6.45) is 1.10. The molecule has 2 aliphatic rings. The highest BCUT2D eigenvalue weighted by atomic mass is 16.5. The number of fused-ring (bicyclic) bond motifs is 1. The van der Waals surface area contributed by atoms with Gasteiger partial charge in [-0.25, -0.2) is 0 Å². The van der Waals surface area contributed by atoms with Crippen LogP contribution in [0.3, 0.4) is 0 Å². The Morgan fingerprint density at radius 3 is 2.21 bits per heavy atom. The summed E-state index contributed by atoms with van der Waals surface area (Å²) in [5, 5.41) is 0. The van der Waals surface area contributed by atoms with Gasteiger partial charge in [0, 0.05) is 25.7 Å². The highest BCUT2D eigenvalue weighted by Crippen LogP contribution is 2.52. The van der Waals surface area contributed by atoms with E-state index in [-0.39, 0.29) is 36.3 Å². The Bertz CT molecular complexity index is 298. The van der Waals surface area contributed by atoms with Gasteiger partial charge < -0.3 is 4.74 Å². The first kappa shape index (κ1) is 9.37. The summed E-state index contributed by atoms with van der Waals surface area (Å²) in [7, 11) is 1.31. The van der Waals surface area contributed by atoms with Crippen molar-refractivity contribution < 1.29 is 19.1 Å². The molecule has 0 saturated heterocycles. The number of hydrogen-bond acceptors (Lipinski definition) is 4. The second kappa shape index (κ2) is 2.90. The maximum absolute atomic E-state index is 11.6. The van der Waals surface area contributed by atoms with E-state index in [1.807, 2.05) is 0 Å². The lowest BCUT2D eigenvalue weighted by Crippen LogP contribution is -2.32. The third-order valence-corrected chi connectivity index (χ3v) is 3.35. The van der Waals surface area contributed by atoms with Crippen LogP contribution in [0.1, 0.15) is 25.7 Å². The van der Waals surface area contributed by atoms with E-state index in [4.69, 9.17) is 4.74 Å². The van der Waals surface area contributed by atoms with Crippen molar-refractivity contribution in [2.45, 2.75) is 25.7 Å². The van der Waals surface area contributed by atoms with Gasteiger partial charge in [-0.2, -0.15) is 0 Å². The topological polar surface area (TPSA) is 60.4 Å². The quantitative estimate of drug-likeness (QED) is 0.572. The maximum Gasteiger partial charge on any atom is 0.313 e. The van der Waals surface area contributed by atoms with Crippen LogP contribution < -0.4 is 0 Å². The smallest absolute Gasteiger partial charge is 0.313 e. The minimum Gasteiger partial charge on any atom is -0.469 e. The zero-order valence-corrected chi connectivity index (χ0v) is 8.04. The molecule has 0 aromatic heterocycles. The lowest BCUT2D eigenvalue weighted by Gasteiger charge is -2.23. The maximum atomic E-state index is 11.6. The van der Waals surface area contributed by atoms with Gasteiger partial charge in [0.1, 0.15) is 11.6 Å². The van der Waals surface area contributed by atoms with E-state index in [0.717, 1.165) is 0 Å². The SMILES string of the molecule is COC(=O)C12CC(=O)CC1CC(=O)C2. The predicted octanol–water partition coefficient (Wildman–Crippen LogP) is 0.488. The van der Waals surface area contributed by atoms with Crippen molar-refractivity contribution in [3.05, 3.63) is 0 Å². The molecule has 4 nitrogen and oxygen atoms in total. The van der Waals surface area contributed by atoms with Crippen molar-refractivity contribution in [3.63, 3.8) is 0 Å². The molecule has 76 valence electrons. The van der Waals surface area contributed by atoms with Crippen molar-refractivity contribution in [1.82, 2.24) is 0 Å². The van der Waals surface area contributed by atoms with Crippen LogP contribution in [-0.2, 0) is 19.1 Å². The third kappa shape index (κ3) is 1.10. The van der Waals surface area contributed by atoms with Crippen LogP contribution in [0.15, 0.2) is 0 Å². The third-order valence-electron chi connectivity index (χ3n) is 3.35. The number of hydrogen-bond donors (Lipinski definition) is 0. The van der Waals surface area contributed by atoms with Crippen molar-refractivity contribution in [1.29, 1.82) is 0 Å². The number of methoxy groups -OCH3 is 1. The average Bonchev–Trinajstić information content (AvgIpc) is 2.55. The van der Waals surface area contributed by atoms with E-state index >= 15 is 0 Å². The normalized spacial score (nSPS) is 35.9. The fraction of sp³-hybridized carbons (Fsp3) is 0.700. The standard InChI is InChI=1S/C10H12O4/c1-14-9(13)10-4-7(11)2-6(10)3-8(12)5-10/h6H,2-5H2,1H3. The molecule has 0 radical (unpaired) electrons. The van der Waals surface area contributed by atoms with Crippen LogP contribution in [0.4, 0.5) is 0 Å². The Balaban J connectivity index is 2.33. The van der Waals surface area contributed by atoms with Crippen LogP contribution in [0.25, 0.3) is 0 Å². The molecule has 0 aromatic rings. The minimum absolute atomic E-state index is 0.0768. The molecule has 0 aromatic carbocycles. The summed E-state index contributed by atoms with van der Waals surface area (Å²) >= 11 is 0. The molecule has 0 N–H and O–H groups in total. The molecule has 0 unspecified atom stereocenters. The number of ether oxygens (including phenoxy) is 1. The van der Waals surface area contributed by atoms with Gasteiger partial charge in [0.05, 0.1) is 12.5 Å². The second-order valence-electron chi connectivity index (χ2n) is 4.18. The van der Waals surface area contributed by atoms with E-state index in [0.29, 0.717) is 12.8 Å². The molecule has 2 fully saturated rings. The molecule has 0 spiro atoms. The average molecular weight is 196 g/mol. The van der Waals surface area contributed by atoms with Gasteiger partial charge in [0.2, 0.25) is 0 Å². The lowest BCUT2D eigenvalue weighted by atomic mass is 9.80. The number of Topliss-reactive ketones (excluding diaryl/α,β-unsaturated/α-hetero) is 2. The Labute approximate surface area is 81.6 Å². The molecular weight excluding hydrogens is 184 g/mol. The van der Waals surface area contributed by atoms with Crippen molar-refractivity contribution in [3.8, 4) is 0 Å². The molecule has 2 aliphatic carbocycles. The van der Waals surface area contributed by atoms with Crippen molar-refractivity contribution in [2.75, 3.05) is 7.11 Å². The molecular formula is C10H12O4. The van der Waals surface area contributed by atoms with Crippen molar-refractivity contribution in [2.24, 2.45) is 11.3 Å². The predicted molar refractivity (Wildman–Crippen MR) is 46.4 cm³/mol. The number of ketones is 2. The fourth-order valence-corrected chi connectivity index (χ4v) is 2.73. The second-order valence-corrected chi connectivity index (χ2v) is 4.18. The monoisotopic (exact) mass is 196 g/mol. The summed E-state index contributed by atoms with van der Waals surface area (Å²) < 4.78 is 4.69. The van der Waals surface area contributed by atoms with Gasteiger partial charge in [-0.15, -0.1) is 0 Å². The largest absolute Gasteiger partial charge is 0.469 e. The summed E-state index contributed by atoms with van der Waals surface area (Å²) in [6.45, 7) is 0. The molecule has 0 amide bonds. The molecule has 2 saturated carbocycles. The van der Waals surface area contributed by atoms with Crippen LogP contribution in [0.5, 0.6) is 0 Å². The van der Waals surface area contributed by atoms with Gasteiger partial charge in [0.15, 0.2) is 0 Å². The van der Waals surface area contributed by atoms with E-state index in [1.165, 1.54) is 7.11 Å². The number of carbonyl (C=O) groups is 3. The molecule has 2 rings (SSSR count). The zero-order valence-electron chi connectivity index (χ0n) is 8.04. The molecule has 14 heavy (non-hydrogen) atoms. The van der Waals surface area contributed by atoms with Gasteiger partial charge in [-0.1, -0.05) is 0 Å². The van der Waals surface area contributed by atoms with Gasteiger partial charge in [0.25, 0.3) is 0 Å². The number of carbonyl (C=O) groups excluding carboxylic acids is 3. The lowest BCUT2D eigenvalue weighted by molar-refractivity contribution is -0.155. The van der Waals surface area contributed by atoms with E-state index in [2.05, 4.69) is 0 Å². The van der Waals surface area contributed by atoms with Gasteiger partial charge in [-0.05, 0) is 5.92 Å². The minimum atomic E-state index is -0.803. The zero-order chi connectivity index (χ0) is 10.3. The highest BCUT2D eigenvalue weighted by Gasteiger charge is 2.58. The van der Waals surface area contributed by atoms with Gasteiger partial charge >= 0.3 is 5.97 Å². The highest BCUT2D eigenvalue weighted by molar-refractivity contribution is 5.99. The Morgan fingerprint density at radius 2 is 1.79 bits per heavy atom. The molecule has 0 aliphatic heterocycles. The first-order valence-electron chi connectivity index (χ1n) is 4.70. The Morgan fingerprint density at radius 1 is 1.29 bits per heavy atom. The Hall–Kier alpha value is -1.19. The first-order chi connectivity index (χ1) is 6.58. The summed E-state index contributed by atoms with van der Waals surface area (Å²) in [5.41, 5.74) is -0.803. The summed E-state index contributed by atoms with van der Waals surface area (Å²) in [6, 6.07) is 0. The van der Waals surface area contributed by atoms with E-state index in [9.17, 15) is 14.4 Å². The van der Waals surface area contributed by atoms with Crippen molar-refractivity contribution >= 4 is 17.5 Å². The summed E-state index contributed by atoms with van der Waals surface area (Å²) in [5.74, 6) is -0.338. The van der Waals surface area contributed by atoms with E-state index in [1.54, 1.807) is 0 Å². The number of rotatable bonds is 1. The van der Waals surface area contributed by atoms with Gasteiger partial charge in [-0.3, -0.25) is 14.4 Å². The number of esters is 1. The van der Waals surface area contributed by atoms with Crippen LogP contribution in [-0.4, -0.2) is 24.6 Å². The van der Waals surface area contributed by atoms with Crippen LogP contribution >= 0.6 is 0 Å². The first-order valence-corrected chi connectivity index (χ1v) is 4.70. The summed E-state index contributed by atoms with van der Waals surface area (Å²) in [4.78, 5) is 34.1. The molecule has 0 heterocycles. The fourth-order valence-electron chi connectivity index (χ4n) is 2.73. The van der Waals surface area contributed by atoms with E-state index < -0.39 is 5.41 Å². The van der Waals surface area contributed by atoms with Crippen LogP contribution in [0.2, 0.25) is 0 Å². The van der Waals surface area contributed by atoms with Crippen LogP contribution in [0, 0.1) is 11.3 Å².